The Kier molecular flexibility index (Phi) is 4.09. The van der Waals surface area contributed by atoms with Gasteiger partial charge in [0.1, 0.15) is 0 Å². The highest BCUT2D eigenvalue weighted by Crippen LogP contribution is 2.24. The van der Waals surface area contributed by atoms with Crippen molar-refractivity contribution in [1.82, 2.24) is 4.90 Å². The lowest BCUT2D eigenvalue weighted by Crippen LogP contribution is -2.43. The number of halogens is 1. The topological polar surface area (TPSA) is 29.5 Å². The van der Waals surface area contributed by atoms with E-state index in [9.17, 15) is 4.79 Å². The van der Waals surface area contributed by atoms with Gasteiger partial charge < -0.3 is 9.64 Å². The van der Waals surface area contributed by atoms with Gasteiger partial charge >= 0.3 is 0 Å². The molecule has 4 heteroatoms. The van der Waals surface area contributed by atoms with E-state index in [4.69, 9.17) is 16.3 Å². The van der Waals surface area contributed by atoms with Gasteiger partial charge in [-0.05, 0) is 32.1 Å². The van der Waals surface area contributed by atoms with Crippen molar-refractivity contribution in [2.75, 3.05) is 25.6 Å². The molecule has 2 heterocycles. The zero-order valence-electron chi connectivity index (χ0n) is 9.82. The van der Waals surface area contributed by atoms with E-state index in [2.05, 4.69) is 0 Å². The number of ether oxygens (including phenoxy) is 1. The lowest BCUT2D eigenvalue weighted by Gasteiger charge is -2.33. The monoisotopic (exact) mass is 245 g/mol. The van der Waals surface area contributed by atoms with Gasteiger partial charge in [0.15, 0.2) is 0 Å². The van der Waals surface area contributed by atoms with Gasteiger partial charge in [-0.15, -0.1) is 11.6 Å². The predicted molar refractivity (Wildman–Crippen MR) is 63.5 cm³/mol. The normalized spacial score (nSPS) is 35.4. The average Bonchev–Trinajstić information content (AvgIpc) is 2.75. The van der Waals surface area contributed by atoms with Crippen LogP contribution in [0.1, 0.15) is 26.2 Å². The van der Waals surface area contributed by atoms with Crippen molar-refractivity contribution in [3.8, 4) is 0 Å². The van der Waals surface area contributed by atoms with Crippen LogP contribution in [-0.4, -0.2) is 42.5 Å². The summed E-state index contributed by atoms with van der Waals surface area (Å²) in [7, 11) is 0. The Morgan fingerprint density at radius 3 is 3.00 bits per heavy atom. The molecule has 92 valence electrons. The number of alkyl halides is 1. The number of rotatable bonds is 2. The van der Waals surface area contributed by atoms with E-state index in [1.165, 1.54) is 0 Å². The Labute approximate surface area is 102 Å². The van der Waals surface area contributed by atoms with Crippen LogP contribution < -0.4 is 0 Å². The van der Waals surface area contributed by atoms with Crippen LogP contribution in [0.15, 0.2) is 0 Å². The molecule has 0 aliphatic carbocycles. The molecule has 16 heavy (non-hydrogen) atoms. The van der Waals surface area contributed by atoms with Crippen molar-refractivity contribution in [3.05, 3.63) is 0 Å². The Hall–Kier alpha value is -0.280. The second-order valence-corrected chi connectivity index (χ2v) is 5.33. The maximum atomic E-state index is 12.2. The molecule has 0 N–H and O–H groups in total. The Morgan fingerprint density at radius 2 is 2.38 bits per heavy atom. The van der Waals surface area contributed by atoms with Gasteiger partial charge in [-0.25, -0.2) is 0 Å². The maximum Gasteiger partial charge on any atom is 0.228 e. The van der Waals surface area contributed by atoms with Crippen LogP contribution in [0.5, 0.6) is 0 Å². The van der Waals surface area contributed by atoms with Crippen LogP contribution >= 0.6 is 11.6 Å². The third-order valence-electron chi connectivity index (χ3n) is 3.60. The lowest BCUT2D eigenvalue weighted by molar-refractivity contribution is -0.137. The molecule has 2 rings (SSSR count). The number of carbonyl (C=O) groups is 1. The van der Waals surface area contributed by atoms with E-state index in [1.807, 2.05) is 11.8 Å². The Morgan fingerprint density at radius 1 is 1.56 bits per heavy atom. The largest absolute Gasteiger partial charge is 0.378 e. The molecular weight excluding hydrogens is 226 g/mol. The molecule has 0 spiro atoms. The van der Waals surface area contributed by atoms with Crippen molar-refractivity contribution in [2.45, 2.75) is 32.3 Å². The molecule has 3 unspecified atom stereocenters. The highest BCUT2D eigenvalue weighted by atomic mass is 35.5. The number of amides is 1. The molecule has 0 saturated carbocycles. The lowest BCUT2D eigenvalue weighted by atomic mass is 9.97. The molecule has 3 nitrogen and oxygen atoms in total. The first-order valence-corrected chi connectivity index (χ1v) is 6.70. The number of hydrogen-bond donors (Lipinski definition) is 0. The molecule has 0 bridgehead atoms. The zero-order chi connectivity index (χ0) is 11.5. The summed E-state index contributed by atoms with van der Waals surface area (Å²) in [5.74, 6) is 1.52. The first kappa shape index (κ1) is 12.2. The van der Waals surface area contributed by atoms with Crippen LogP contribution in [-0.2, 0) is 9.53 Å². The SMILES string of the molecule is CC1CC(C(=O)N2CCCC(CCl)C2)CO1. The van der Waals surface area contributed by atoms with E-state index in [1.54, 1.807) is 0 Å². The highest BCUT2D eigenvalue weighted by Gasteiger charge is 2.33. The van der Waals surface area contributed by atoms with E-state index >= 15 is 0 Å². The highest BCUT2D eigenvalue weighted by molar-refractivity contribution is 6.18. The van der Waals surface area contributed by atoms with E-state index in [0.29, 0.717) is 18.4 Å². The molecule has 0 radical (unpaired) electrons. The standard InChI is InChI=1S/C12H20ClNO2/c1-9-5-11(8-16-9)12(15)14-4-2-3-10(6-13)7-14/h9-11H,2-8H2,1H3. The zero-order valence-corrected chi connectivity index (χ0v) is 10.6. The summed E-state index contributed by atoms with van der Waals surface area (Å²) in [5, 5.41) is 0. The van der Waals surface area contributed by atoms with Gasteiger partial charge in [-0.1, -0.05) is 0 Å². The molecule has 0 aromatic carbocycles. The first-order valence-electron chi connectivity index (χ1n) is 6.17. The van der Waals surface area contributed by atoms with Crippen molar-refractivity contribution in [1.29, 1.82) is 0 Å². The minimum atomic E-state index is 0.0871. The molecule has 3 atom stereocenters. The van der Waals surface area contributed by atoms with E-state index in [0.717, 1.165) is 32.4 Å². The van der Waals surface area contributed by atoms with Gasteiger partial charge in [0.2, 0.25) is 5.91 Å². The summed E-state index contributed by atoms with van der Waals surface area (Å²) in [6, 6.07) is 0. The smallest absolute Gasteiger partial charge is 0.228 e. The average molecular weight is 246 g/mol. The fourth-order valence-electron chi connectivity index (χ4n) is 2.64. The fraction of sp³-hybridized carbons (Fsp3) is 0.917. The molecule has 1 amide bonds. The maximum absolute atomic E-state index is 12.2. The van der Waals surface area contributed by atoms with Crippen LogP contribution in [0.4, 0.5) is 0 Å². The van der Waals surface area contributed by atoms with Crippen LogP contribution in [0.2, 0.25) is 0 Å². The summed E-state index contributed by atoms with van der Waals surface area (Å²) in [5.41, 5.74) is 0. The number of carbonyl (C=O) groups excluding carboxylic acids is 1. The molecule has 2 fully saturated rings. The third-order valence-corrected chi connectivity index (χ3v) is 4.03. The van der Waals surface area contributed by atoms with Crippen LogP contribution in [0.25, 0.3) is 0 Å². The van der Waals surface area contributed by atoms with Crippen molar-refractivity contribution in [3.63, 3.8) is 0 Å². The Balaban J connectivity index is 1.89. The Bertz CT molecular complexity index is 259. The molecule has 2 aliphatic rings. The molecular formula is C12H20ClNO2. The minimum Gasteiger partial charge on any atom is -0.378 e. The second kappa shape index (κ2) is 5.37. The van der Waals surface area contributed by atoms with E-state index < -0.39 is 0 Å². The van der Waals surface area contributed by atoms with Gasteiger partial charge in [0, 0.05) is 19.0 Å². The quantitative estimate of drug-likeness (QED) is 0.696. The number of likely N-dealkylation sites (tertiary alicyclic amines) is 1. The molecule has 2 saturated heterocycles. The minimum absolute atomic E-state index is 0.0871. The van der Waals surface area contributed by atoms with Crippen LogP contribution in [0, 0.1) is 11.8 Å². The summed E-state index contributed by atoms with van der Waals surface area (Å²) in [6.45, 7) is 4.37. The molecule has 0 aromatic rings. The summed E-state index contributed by atoms with van der Waals surface area (Å²) in [6.07, 6.45) is 3.36. The first-order chi connectivity index (χ1) is 7.70. The molecule has 2 aliphatic heterocycles. The van der Waals surface area contributed by atoms with E-state index in [-0.39, 0.29) is 17.9 Å². The summed E-state index contributed by atoms with van der Waals surface area (Å²) in [4.78, 5) is 14.2. The summed E-state index contributed by atoms with van der Waals surface area (Å²) >= 11 is 5.87. The third kappa shape index (κ3) is 2.69. The predicted octanol–water partition coefficient (Wildman–Crippen LogP) is 1.89. The number of piperidine rings is 1. The fourth-order valence-corrected chi connectivity index (χ4v) is 2.89. The van der Waals surface area contributed by atoms with Gasteiger partial charge in [0.05, 0.1) is 18.6 Å². The van der Waals surface area contributed by atoms with Crippen molar-refractivity contribution in [2.24, 2.45) is 11.8 Å². The van der Waals surface area contributed by atoms with Crippen molar-refractivity contribution >= 4 is 17.5 Å². The van der Waals surface area contributed by atoms with Crippen molar-refractivity contribution < 1.29 is 9.53 Å². The van der Waals surface area contributed by atoms with Gasteiger partial charge in [0.25, 0.3) is 0 Å². The second-order valence-electron chi connectivity index (χ2n) is 5.02. The number of nitrogens with zero attached hydrogens (tertiary/aromatic N) is 1. The molecule has 0 aromatic heterocycles. The van der Waals surface area contributed by atoms with Crippen LogP contribution in [0.3, 0.4) is 0 Å². The van der Waals surface area contributed by atoms with Gasteiger partial charge in [-0.3, -0.25) is 4.79 Å². The summed E-state index contributed by atoms with van der Waals surface area (Å²) < 4.78 is 5.46. The van der Waals surface area contributed by atoms with Gasteiger partial charge in [-0.2, -0.15) is 0 Å². The number of hydrogen-bond acceptors (Lipinski definition) is 2.